The van der Waals surface area contributed by atoms with Crippen LogP contribution in [-0.4, -0.2) is 34.6 Å². The van der Waals surface area contributed by atoms with E-state index in [4.69, 9.17) is 0 Å². The van der Waals surface area contributed by atoms with Crippen LogP contribution in [0.1, 0.15) is 37.8 Å². The normalized spacial score (nSPS) is 32.5. The van der Waals surface area contributed by atoms with Crippen molar-refractivity contribution in [3.8, 4) is 0 Å². The average molecular weight is 259 g/mol. The first kappa shape index (κ1) is 13.1. The highest BCUT2D eigenvalue weighted by molar-refractivity contribution is 5.18. The van der Waals surface area contributed by atoms with Gasteiger partial charge in [0.05, 0.1) is 0 Å². The number of piperazine rings is 1. The Balaban J connectivity index is 1.79. The highest BCUT2D eigenvalue weighted by atomic mass is 15.3. The molecule has 0 amide bonds. The predicted octanol–water partition coefficient (Wildman–Crippen LogP) is 2.35. The van der Waals surface area contributed by atoms with Gasteiger partial charge in [0.1, 0.15) is 0 Å². The summed E-state index contributed by atoms with van der Waals surface area (Å²) in [6.45, 7) is 10.1. The van der Waals surface area contributed by atoms with E-state index in [1.54, 1.807) is 0 Å². The van der Waals surface area contributed by atoms with Gasteiger partial charge >= 0.3 is 0 Å². The number of hydrogen-bond acceptors (Lipinski definition) is 3. The van der Waals surface area contributed by atoms with Crippen LogP contribution in [0.25, 0.3) is 0 Å². The lowest BCUT2D eigenvalue weighted by Gasteiger charge is -2.48. The molecule has 1 saturated carbocycles. The molecule has 3 heteroatoms. The second-order valence-corrected chi connectivity index (χ2v) is 6.66. The summed E-state index contributed by atoms with van der Waals surface area (Å²) < 4.78 is 0. The number of aromatic nitrogens is 1. The topological polar surface area (TPSA) is 28.2 Å². The van der Waals surface area contributed by atoms with Gasteiger partial charge in [-0.15, -0.1) is 0 Å². The minimum Gasteiger partial charge on any atom is -0.311 e. The van der Waals surface area contributed by atoms with E-state index in [2.05, 4.69) is 42.0 Å². The number of nitrogens with zero attached hydrogens (tertiary/aromatic N) is 2. The first-order valence-corrected chi connectivity index (χ1v) is 7.47. The molecule has 3 rings (SSSR count). The molecule has 3 nitrogen and oxygen atoms in total. The van der Waals surface area contributed by atoms with Crippen molar-refractivity contribution in [2.75, 3.05) is 13.1 Å². The Labute approximate surface area is 116 Å². The van der Waals surface area contributed by atoms with Gasteiger partial charge in [0.2, 0.25) is 0 Å². The second kappa shape index (κ2) is 4.88. The standard InChI is InChI=1S/C16H25N3/c1-12-6-14(8-17-7-12)10-19-9-13(2)18-11-16(19,3)15-4-5-15/h6-8,13,15,18H,4-5,9-11H2,1-3H3. The molecule has 1 aliphatic heterocycles. The Hall–Kier alpha value is -0.930. The lowest BCUT2D eigenvalue weighted by atomic mass is 9.89. The van der Waals surface area contributed by atoms with Crippen molar-refractivity contribution in [2.24, 2.45) is 5.92 Å². The van der Waals surface area contributed by atoms with E-state index in [9.17, 15) is 0 Å². The number of nitrogens with one attached hydrogen (secondary N) is 1. The van der Waals surface area contributed by atoms with Crippen molar-refractivity contribution in [3.05, 3.63) is 29.6 Å². The van der Waals surface area contributed by atoms with Gasteiger partial charge in [0, 0.05) is 43.6 Å². The van der Waals surface area contributed by atoms with Gasteiger partial charge in [-0.05, 0) is 50.7 Å². The van der Waals surface area contributed by atoms with Gasteiger partial charge in [-0.1, -0.05) is 6.07 Å². The zero-order valence-corrected chi connectivity index (χ0v) is 12.3. The number of rotatable bonds is 3. The molecule has 0 radical (unpaired) electrons. The third kappa shape index (κ3) is 2.67. The lowest BCUT2D eigenvalue weighted by Crippen LogP contribution is -2.63. The first-order chi connectivity index (χ1) is 9.08. The van der Waals surface area contributed by atoms with Gasteiger partial charge in [-0.3, -0.25) is 9.88 Å². The Morgan fingerprint density at radius 1 is 1.42 bits per heavy atom. The quantitative estimate of drug-likeness (QED) is 0.903. The minimum atomic E-state index is 0.330. The Morgan fingerprint density at radius 2 is 2.21 bits per heavy atom. The average Bonchev–Trinajstić information content (AvgIpc) is 3.18. The summed E-state index contributed by atoms with van der Waals surface area (Å²) in [5.41, 5.74) is 2.94. The highest BCUT2D eigenvalue weighted by Crippen LogP contribution is 2.44. The number of pyridine rings is 1. The van der Waals surface area contributed by atoms with Crippen molar-refractivity contribution >= 4 is 0 Å². The monoisotopic (exact) mass is 259 g/mol. The Morgan fingerprint density at radius 3 is 2.89 bits per heavy atom. The molecule has 0 spiro atoms. The fourth-order valence-corrected chi connectivity index (χ4v) is 3.37. The van der Waals surface area contributed by atoms with Gasteiger partial charge in [0.15, 0.2) is 0 Å². The van der Waals surface area contributed by atoms with E-state index in [-0.39, 0.29) is 0 Å². The third-order valence-corrected chi connectivity index (χ3v) is 4.79. The minimum absolute atomic E-state index is 0.330. The van der Waals surface area contributed by atoms with Gasteiger partial charge < -0.3 is 5.32 Å². The van der Waals surface area contributed by atoms with E-state index < -0.39 is 0 Å². The van der Waals surface area contributed by atoms with Crippen molar-refractivity contribution in [1.29, 1.82) is 0 Å². The molecule has 1 saturated heterocycles. The molecule has 1 N–H and O–H groups in total. The van der Waals surface area contributed by atoms with Crippen LogP contribution in [-0.2, 0) is 6.54 Å². The van der Waals surface area contributed by atoms with Crippen molar-refractivity contribution in [3.63, 3.8) is 0 Å². The van der Waals surface area contributed by atoms with Gasteiger partial charge in [-0.2, -0.15) is 0 Å². The van der Waals surface area contributed by atoms with Crippen LogP contribution in [0.4, 0.5) is 0 Å². The third-order valence-electron chi connectivity index (χ3n) is 4.79. The molecule has 0 bridgehead atoms. The zero-order valence-electron chi connectivity index (χ0n) is 12.3. The molecule has 2 aliphatic rings. The molecular weight excluding hydrogens is 234 g/mol. The van der Waals surface area contributed by atoms with E-state index in [0.29, 0.717) is 11.6 Å². The molecule has 2 atom stereocenters. The molecule has 2 unspecified atom stereocenters. The maximum Gasteiger partial charge on any atom is 0.0338 e. The van der Waals surface area contributed by atoms with Gasteiger partial charge in [-0.25, -0.2) is 0 Å². The second-order valence-electron chi connectivity index (χ2n) is 6.66. The Bertz CT molecular complexity index is 455. The summed E-state index contributed by atoms with van der Waals surface area (Å²) in [5, 5.41) is 3.66. The number of aryl methyl sites for hydroxylation is 1. The molecule has 104 valence electrons. The van der Waals surface area contributed by atoms with Crippen molar-refractivity contribution in [1.82, 2.24) is 15.2 Å². The van der Waals surface area contributed by atoms with Crippen LogP contribution < -0.4 is 5.32 Å². The van der Waals surface area contributed by atoms with E-state index >= 15 is 0 Å². The van der Waals surface area contributed by atoms with Crippen LogP contribution >= 0.6 is 0 Å². The summed E-state index contributed by atoms with van der Waals surface area (Å²) in [6, 6.07) is 2.86. The van der Waals surface area contributed by atoms with E-state index in [1.807, 2.05) is 12.4 Å². The van der Waals surface area contributed by atoms with Crippen LogP contribution in [0, 0.1) is 12.8 Å². The highest BCUT2D eigenvalue weighted by Gasteiger charge is 2.47. The smallest absolute Gasteiger partial charge is 0.0338 e. The van der Waals surface area contributed by atoms with E-state index in [1.165, 1.54) is 24.0 Å². The fraction of sp³-hybridized carbons (Fsp3) is 0.688. The SMILES string of the molecule is Cc1cncc(CN2CC(C)NCC2(C)C2CC2)c1. The van der Waals surface area contributed by atoms with E-state index in [0.717, 1.165) is 25.6 Å². The van der Waals surface area contributed by atoms with Crippen LogP contribution in [0.3, 0.4) is 0 Å². The summed E-state index contributed by atoms with van der Waals surface area (Å²) >= 11 is 0. The molecule has 1 aromatic rings. The van der Waals surface area contributed by atoms with Gasteiger partial charge in [0.25, 0.3) is 0 Å². The lowest BCUT2D eigenvalue weighted by molar-refractivity contribution is 0.0311. The summed E-state index contributed by atoms with van der Waals surface area (Å²) in [5.74, 6) is 0.880. The maximum atomic E-state index is 4.33. The molecule has 2 heterocycles. The largest absolute Gasteiger partial charge is 0.311 e. The molecule has 19 heavy (non-hydrogen) atoms. The van der Waals surface area contributed by atoms with Crippen LogP contribution in [0.15, 0.2) is 18.5 Å². The molecule has 0 aromatic carbocycles. The molecular formula is C16H25N3. The molecule has 2 fully saturated rings. The summed E-state index contributed by atoms with van der Waals surface area (Å²) in [6.07, 6.45) is 6.75. The van der Waals surface area contributed by atoms with Crippen molar-refractivity contribution in [2.45, 2.75) is 51.7 Å². The first-order valence-electron chi connectivity index (χ1n) is 7.47. The van der Waals surface area contributed by atoms with Crippen LogP contribution in [0.2, 0.25) is 0 Å². The summed E-state index contributed by atoms with van der Waals surface area (Å²) in [4.78, 5) is 7.02. The summed E-state index contributed by atoms with van der Waals surface area (Å²) in [7, 11) is 0. The fourth-order valence-electron chi connectivity index (χ4n) is 3.37. The number of hydrogen-bond donors (Lipinski definition) is 1. The predicted molar refractivity (Wildman–Crippen MR) is 78.0 cm³/mol. The zero-order chi connectivity index (χ0) is 13.5. The van der Waals surface area contributed by atoms with Crippen molar-refractivity contribution < 1.29 is 0 Å². The van der Waals surface area contributed by atoms with Crippen LogP contribution in [0.5, 0.6) is 0 Å². The maximum absolute atomic E-state index is 4.33. The Kier molecular flexibility index (Phi) is 3.35. The molecule has 1 aromatic heterocycles. The molecule has 1 aliphatic carbocycles.